The minimum atomic E-state index is 0.436. The molecule has 18 heavy (non-hydrogen) atoms. The normalized spacial score (nSPS) is 11.2. The van der Waals surface area contributed by atoms with Gasteiger partial charge in [-0.1, -0.05) is 13.8 Å². The lowest BCUT2D eigenvalue weighted by atomic mass is 10.1. The van der Waals surface area contributed by atoms with E-state index in [4.69, 9.17) is 0 Å². The molecule has 0 aromatic carbocycles. The number of halogens is 1. The van der Waals surface area contributed by atoms with Gasteiger partial charge in [-0.2, -0.15) is 5.10 Å². The van der Waals surface area contributed by atoms with Gasteiger partial charge in [-0.3, -0.25) is 4.68 Å². The molecule has 5 heteroatoms. The SMILES string of the molecule is Cc1sc(CNc2cn(C)nc2C(C)C)cc1Br. The molecule has 0 atom stereocenters. The molecule has 0 amide bonds. The molecule has 2 aromatic rings. The van der Waals surface area contributed by atoms with Crippen LogP contribution in [0.1, 0.15) is 35.2 Å². The quantitative estimate of drug-likeness (QED) is 0.907. The van der Waals surface area contributed by atoms with Crippen LogP contribution in [0, 0.1) is 6.92 Å². The molecular weight excluding hydrogens is 310 g/mol. The van der Waals surface area contributed by atoms with Crippen LogP contribution < -0.4 is 5.32 Å². The van der Waals surface area contributed by atoms with Crippen molar-refractivity contribution in [1.82, 2.24) is 9.78 Å². The molecule has 1 N–H and O–H groups in total. The molecule has 0 fully saturated rings. The van der Waals surface area contributed by atoms with Crippen LogP contribution in [-0.2, 0) is 13.6 Å². The van der Waals surface area contributed by atoms with Crippen LogP contribution in [0.2, 0.25) is 0 Å². The van der Waals surface area contributed by atoms with Crippen LogP contribution in [-0.4, -0.2) is 9.78 Å². The molecule has 2 aromatic heterocycles. The maximum absolute atomic E-state index is 4.49. The Morgan fingerprint density at radius 1 is 1.50 bits per heavy atom. The van der Waals surface area contributed by atoms with Crippen molar-refractivity contribution >= 4 is 33.0 Å². The fourth-order valence-electron chi connectivity index (χ4n) is 1.86. The molecule has 0 saturated heterocycles. The van der Waals surface area contributed by atoms with Crippen molar-refractivity contribution in [2.45, 2.75) is 33.2 Å². The molecule has 98 valence electrons. The summed E-state index contributed by atoms with van der Waals surface area (Å²) in [5, 5.41) is 7.97. The van der Waals surface area contributed by atoms with Crippen molar-refractivity contribution in [1.29, 1.82) is 0 Å². The van der Waals surface area contributed by atoms with Gasteiger partial charge in [-0.05, 0) is 34.8 Å². The van der Waals surface area contributed by atoms with Crippen molar-refractivity contribution in [2.24, 2.45) is 7.05 Å². The number of hydrogen-bond acceptors (Lipinski definition) is 3. The summed E-state index contributed by atoms with van der Waals surface area (Å²) in [5.74, 6) is 0.436. The predicted molar refractivity (Wildman–Crippen MR) is 81.4 cm³/mol. The van der Waals surface area contributed by atoms with E-state index in [1.54, 1.807) is 0 Å². The van der Waals surface area contributed by atoms with E-state index in [1.807, 2.05) is 29.3 Å². The van der Waals surface area contributed by atoms with E-state index in [0.29, 0.717) is 5.92 Å². The molecule has 0 aliphatic carbocycles. The van der Waals surface area contributed by atoms with E-state index < -0.39 is 0 Å². The summed E-state index contributed by atoms with van der Waals surface area (Å²) in [6.45, 7) is 7.31. The van der Waals surface area contributed by atoms with Crippen LogP contribution in [0.15, 0.2) is 16.7 Å². The Morgan fingerprint density at radius 2 is 2.22 bits per heavy atom. The molecule has 3 nitrogen and oxygen atoms in total. The average molecular weight is 328 g/mol. The largest absolute Gasteiger partial charge is 0.377 e. The Kier molecular flexibility index (Phi) is 4.12. The zero-order valence-electron chi connectivity index (χ0n) is 11.1. The number of nitrogens with zero attached hydrogens (tertiary/aromatic N) is 2. The zero-order valence-corrected chi connectivity index (χ0v) is 13.5. The Morgan fingerprint density at radius 3 is 2.78 bits per heavy atom. The minimum absolute atomic E-state index is 0.436. The fourth-order valence-corrected chi connectivity index (χ4v) is 3.40. The van der Waals surface area contributed by atoms with Crippen molar-refractivity contribution in [3.8, 4) is 0 Å². The highest BCUT2D eigenvalue weighted by atomic mass is 79.9. The minimum Gasteiger partial charge on any atom is -0.377 e. The zero-order chi connectivity index (χ0) is 13.3. The summed E-state index contributed by atoms with van der Waals surface area (Å²) in [4.78, 5) is 2.65. The van der Waals surface area contributed by atoms with E-state index >= 15 is 0 Å². The molecule has 0 unspecified atom stereocenters. The number of aromatic nitrogens is 2. The maximum Gasteiger partial charge on any atom is 0.0881 e. The van der Waals surface area contributed by atoms with Gasteiger partial charge < -0.3 is 5.32 Å². The van der Waals surface area contributed by atoms with Crippen LogP contribution >= 0.6 is 27.3 Å². The van der Waals surface area contributed by atoms with Gasteiger partial charge in [0.25, 0.3) is 0 Å². The van der Waals surface area contributed by atoms with Gasteiger partial charge >= 0.3 is 0 Å². The van der Waals surface area contributed by atoms with Gasteiger partial charge in [0.15, 0.2) is 0 Å². The second-order valence-electron chi connectivity index (χ2n) is 4.73. The van der Waals surface area contributed by atoms with Crippen LogP contribution in [0.5, 0.6) is 0 Å². The molecule has 0 aliphatic heterocycles. The van der Waals surface area contributed by atoms with Gasteiger partial charge in [0.1, 0.15) is 0 Å². The van der Waals surface area contributed by atoms with Gasteiger partial charge in [0.2, 0.25) is 0 Å². The summed E-state index contributed by atoms with van der Waals surface area (Å²) in [6, 6.07) is 2.18. The van der Waals surface area contributed by atoms with Gasteiger partial charge in [0, 0.05) is 34.0 Å². The van der Waals surface area contributed by atoms with Crippen molar-refractivity contribution in [3.05, 3.63) is 32.2 Å². The fraction of sp³-hybridized carbons (Fsp3) is 0.462. The second kappa shape index (κ2) is 5.45. The van der Waals surface area contributed by atoms with Gasteiger partial charge in [-0.15, -0.1) is 11.3 Å². The second-order valence-corrected chi connectivity index (χ2v) is 6.92. The van der Waals surface area contributed by atoms with E-state index in [-0.39, 0.29) is 0 Å². The highest BCUT2D eigenvalue weighted by molar-refractivity contribution is 9.10. The number of rotatable bonds is 4. The first-order chi connectivity index (χ1) is 8.47. The standard InChI is InChI=1S/C13H18BrN3S/c1-8(2)13-12(7-17(4)16-13)15-6-10-5-11(14)9(3)18-10/h5,7-8,15H,6H2,1-4H3. The van der Waals surface area contributed by atoms with E-state index in [9.17, 15) is 0 Å². The van der Waals surface area contributed by atoms with Crippen molar-refractivity contribution in [3.63, 3.8) is 0 Å². The topological polar surface area (TPSA) is 29.9 Å². The smallest absolute Gasteiger partial charge is 0.0881 e. The van der Waals surface area contributed by atoms with Gasteiger partial charge in [0.05, 0.1) is 11.4 Å². The molecule has 0 bridgehead atoms. The summed E-state index contributed by atoms with van der Waals surface area (Å²) < 4.78 is 3.06. The summed E-state index contributed by atoms with van der Waals surface area (Å²) in [5.41, 5.74) is 2.26. The van der Waals surface area contributed by atoms with Crippen molar-refractivity contribution < 1.29 is 0 Å². The third kappa shape index (κ3) is 2.95. The summed E-state index contributed by atoms with van der Waals surface area (Å²) >= 11 is 5.37. The third-order valence-electron chi connectivity index (χ3n) is 2.77. The monoisotopic (exact) mass is 327 g/mol. The summed E-state index contributed by atoms with van der Waals surface area (Å²) in [7, 11) is 1.96. The molecule has 0 saturated carbocycles. The number of aryl methyl sites for hydroxylation is 2. The first-order valence-corrected chi connectivity index (χ1v) is 7.60. The van der Waals surface area contributed by atoms with E-state index in [1.165, 1.54) is 14.2 Å². The Hall–Kier alpha value is -0.810. The highest BCUT2D eigenvalue weighted by Crippen LogP contribution is 2.28. The molecule has 2 heterocycles. The van der Waals surface area contributed by atoms with Crippen LogP contribution in [0.25, 0.3) is 0 Å². The summed E-state index contributed by atoms with van der Waals surface area (Å²) in [6.07, 6.45) is 2.05. The Balaban J connectivity index is 2.10. The average Bonchev–Trinajstić information content (AvgIpc) is 2.80. The lowest BCUT2D eigenvalue weighted by molar-refractivity contribution is 0.713. The van der Waals surface area contributed by atoms with Gasteiger partial charge in [-0.25, -0.2) is 0 Å². The number of hydrogen-bond donors (Lipinski definition) is 1. The lowest BCUT2D eigenvalue weighted by Gasteiger charge is -2.06. The number of anilines is 1. The predicted octanol–water partition coefficient (Wildman–Crippen LogP) is 4.29. The Labute approximate surface area is 120 Å². The van der Waals surface area contributed by atoms with E-state index in [2.05, 4.69) is 53.2 Å². The Bertz CT molecular complexity index is 523. The molecule has 0 radical (unpaired) electrons. The highest BCUT2D eigenvalue weighted by Gasteiger charge is 2.11. The van der Waals surface area contributed by atoms with E-state index in [0.717, 1.165) is 17.9 Å². The maximum atomic E-state index is 4.49. The van der Waals surface area contributed by atoms with Crippen LogP contribution in [0.4, 0.5) is 5.69 Å². The first kappa shape index (κ1) is 13.6. The molecule has 0 aliphatic rings. The van der Waals surface area contributed by atoms with Crippen molar-refractivity contribution in [2.75, 3.05) is 5.32 Å². The van der Waals surface area contributed by atoms with Crippen LogP contribution in [0.3, 0.4) is 0 Å². The number of thiophene rings is 1. The lowest BCUT2D eigenvalue weighted by Crippen LogP contribution is -2.00. The number of nitrogens with one attached hydrogen (secondary N) is 1. The first-order valence-electron chi connectivity index (χ1n) is 5.99. The molecule has 0 spiro atoms. The molecule has 2 rings (SSSR count). The third-order valence-corrected chi connectivity index (χ3v) is 4.90. The molecular formula is C13H18BrN3S.